The molecule has 0 bridgehead atoms. The smallest absolute Gasteiger partial charge is 0.224 e. The molecule has 1 amide bonds. The van der Waals surface area contributed by atoms with Gasteiger partial charge in [-0.1, -0.05) is 6.07 Å². The highest BCUT2D eigenvalue weighted by Gasteiger charge is 2.13. The summed E-state index contributed by atoms with van der Waals surface area (Å²) in [6.45, 7) is 3.95. The van der Waals surface area contributed by atoms with E-state index in [2.05, 4.69) is 20.6 Å². The van der Waals surface area contributed by atoms with Crippen molar-refractivity contribution >= 4 is 28.1 Å². The lowest BCUT2D eigenvalue weighted by Crippen LogP contribution is -2.14. The number of hydrogen-bond donors (Lipinski definition) is 1. The van der Waals surface area contributed by atoms with Crippen LogP contribution in [0.5, 0.6) is 0 Å². The zero-order chi connectivity index (χ0) is 18.3. The van der Waals surface area contributed by atoms with Crippen LogP contribution >= 0.6 is 0 Å². The number of carbonyl (C=O) groups excluding carboxylic acids is 1. The van der Waals surface area contributed by atoms with Crippen molar-refractivity contribution in [1.82, 2.24) is 24.4 Å². The van der Waals surface area contributed by atoms with E-state index in [1.807, 2.05) is 55.9 Å². The third-order valence-corrected chi connectivity index (χ3v) is 4.82. The van der Waals surface area contributed by atoms with E-state index >= 15 is 0 Å². The van der Waals surface area contributed by atoms with Crippen LogP contribution in [0.2, 0.25) is 0 Å². The largest absolute Gasteiger partial charge is 0.350 e. The third-order valence-electron chi connectivity index (χ3n) is 4.82. The molecule has 3 aromatic heterocycles. The van der Waals surface area contributed by atoms with Crippen molar-refractivity contribution in [3.63, 3.8) is 0 Å². The van der Waals surface area contributed by atoms with E-state index < -0.39 is 0 Å². The molecule has 7 nitrogen and oxygen atoms in total. The first-order valence-corrected chi connectivity index (χ1v) is 8.54. The third kappa shape index (κ3) is 2.71. The van der Waals surface area contributed by atoms with Crippen LogP contribution in [-0.4, -0.2) is 30.3 Å². The number of amides is 1. The van der Waals surface area contributed by atoms with E-state index in [0.29, 0.717) is 12.8 Å². The molecule has 0 saturated heterocycles. The topological polar surface area (TPSA) is 77.1 Å². The molecule has 3 heterocycles. The number of carbonyl (C=O) groups is 1. The molecule has 0 fully saturated rings. The molecule has 0 unspecified atom stereocenters. The van der Waals surface area contributed by atoms with E-state index in [0.717, 1.165) is 39.1 Å². The quantitative estimate of drug-likeness (QED) is 0.615. The van der Waals surface area contributed by atoms with E-state index in [1.54, 1.807) is 10.8 Å². The van der Waals surface area contributed by atoms with Gasteiger partial charge in [0.25, 0.3) is 0 Å². The van der Waals surface area contributed by atoms with Crippen LogP contribution in [-0.2, 0) is 18.3 Å². The van der Waals surface area contributed by atoms with Crippen molar-refractivity contribution in [3.05, 3.63) is 53.6 Å². The normalized spacial score (nSPS) is 11.3. The zero-order valence-electron chi connectivity index (χ0n) is 15.0. The predicted molar refractivity (Wildman–Crippen MR) is 100 cm³/mol. The zero-order valence-corrected chi connectivity index (χ0v) is 15.0. The molecule has 0 spiro atoms. The van der Waals surface area contributed by atoms with Gasteiger partial charge in [-0.25, -0.2) is 4.52 Å². The summed E-state index contributed by atoms with van der Waals surface area (Å²) in [6, 6.07) is 7.94. The van der Waals surface area contributed by atoms with Gasteiger partial charge in [-0.15, -0.1) is 10.2 Å². The van der Waals surface area contributed by atoms with E-state index in [1.165, 1.54) is 0 Å². The summed E-state index contributed by atoms with van der Waals surface area (Å²) in [5.74, 6) is -0.0125. The van der Waals surface area contributed by atoms with E-state index in [4.69, 9.17) is 0 Å². The van der Waals surface area contributed by atoms with Crippen LogP contribution in [0.1, 0.15) is 23.2 Å². The van der Waals surface area contributed by atoms with Crippen molar-refractivity contribution in [2.45, 2.75) is 26.7 Å². The predicted octanol–water partition coefficient (Wildman–Crippen LogP) is 2.80. The first kappa shape index (κ1) is 16.3. The summed E-state index contributed by atoms with van der Waals surface area (Å²) in [6.07, 6.45) is 4.58. The number of hydrogen-bond acceptors (Lipinski definition) is 4. The van der Waals surface area contributed by atoms with Gasteiger partial charge in [-0.3, -0.25) is 4.79 Å². The minimum Gasteiger partial charge on any atom is -0.350 e. The molecule has 132 valence electrons. The lowest BCUT2D eigenvalue weighted by Gasteiger charge is -2.11. The Balaban J connectivity index is 1.52. The van der Waals surface area contributed by atoms with Crippen molar-refractivity contribution in [3.8, 4) is 0 Å². The van der Waals surface area contributed by atoms with Crippen LogP contribution in [0.15, 0.2) is 36.8 Å². The molecule has 0 aliphatic rings. The molecule has 1 N–H and O–H groups in total. The van der Waals surface area contributed by atoms with Gasteiger partial charge in [0.2, 0.25) is 5.91 Å². The van der Waals surface area contributed by atoms with Gasteiger partial charge in [0.05, 0.1) is 11.4 Å². The molecule has 7 heteroatoms. The molecule has 0 atom stereocenters. The average molecular weight is 348 g/mol. The summed E-state index contributed by atoms with van der Waals surface area (Å²) in [7, 11) is 1.99. The van der Waals surface area contributed by atoms with Gasteiger partial charge in [0.1, 0.15) is 6.33 Å². The first-order valence-electron chi connectivity index (χ1n) is 8.54. The molecular formula is C19H20N6O. The highest BCUT2D eigenvalue weighted by Crippen LogP contribution is 2.24. The minimum absolute atomic E-state index is 0.0125. The molecule has 0 radical (unpaired) electrons. The maximum absolute atomic E-state index is 12.5. The lowest BCUT2D eigenvalue weighted by molar-refractivity contribution is -0.116. The Morgan fingerprint density at radius 2 is 2.08 bits per heavy atom. The summed E-state index contributed by atoms with van der Waals surface area (Å²) < 4.78 is 3.71. The number of benzene rings is 1. The maximum atomic E-state index is 12.5. The van der Waals surface area contributed by atoms with Crippen LogP contribution in [0.3, 0.4) is 0 Å². The number of aromatic nitrogens is 5. The molecule has 0 saturated carbocycles. The summed E-state index contributed by atoms with van der Waals surface area (Å²) in [5, 5.41) is 16.5. The van der Waals surface area contributed by atoms with E-state index in [9.17, 15) is 4.79 Å². The average Bonchev–Trinajstić information content (AvgIpc) is 3.22. The number of anilines is 1. The number of aryl methyl sites for hydroxylation is 3. The molecule has 4 aromatic rings. The van der Waals surface area contributed by atoms with Crippen molar-refractivity contribution < 1.29 is 4.79 Å². The van der Waals surface area contributed by atoms with Crippen molar-refractivity contribution in [2.75, 3.05) is 5.32 Å². The highest BCUT2D eigenvalue weighted by atomic mass is 16.1. The Hall–Kier alpha value is -3.22. The van der Waals surface area contributed by atoms with Gasteiger partial charge in [-0.2, -0.15) is 5.10 Å². The molecule has 4 rings (SSSR count). The summed E-state index contributed by atoms with van der Waals surface area (Å²) >= 11 is 0. The SMILES string of the molecule is Cc1nn2cnnc2c(C)c1CCC(=O)Nc1cccc2c1ccn2C. The fourth-order valence-corrected chi connectivity index (χ4v) is 3.41. The fraction of sp³-hybridized carbons (Fsp3) is 0.263. The standard InChI is InChI=1S/C19H20N6O/c1-12-14(13(2)23-25-11-20-22-19(12)25)7-8-18(26)21-16-5-4-6-17-15(16)9-10-24(17)3/h4-6,9-11H,7-8H2,1-3H3,(H,21,26). The Bertz CT molecular complexity index is 1120. The van der Waals surface area contributed by atoms with Gasteiger partial charge >= 0.3 is 0 Å². The van der Waals surface area contributed by atoms with Gasteiger partial charge in [0, 0.05) is 36.1 Å². The Kier molecular flexibility index (Phi) is 3.91. The monoisotopic (exact) mass is 348 g/mol. The lowest BCUT2D eigenvalue weighted by atomic mass is 10.0. The van der Waals surface area contributed by atoms with Crippen molar-refractivity contribution in [2.24, 2.45) is 7.05 Å². The van der Waals surface area contributed by atoms with Crippen LogP contribution in [0.25, 0.3) is 16.6 Å². The Labute approximate surface area is 150 Å². The van der Waals surface area contributed by atoms with Crippen molar-refractivity contribution in [1.29, 1.82) is 0 Å². The molecular weight excluding hydrogens is 328 g/mol. The Morgan fingerprint density at radius 1 is 1.23 bits per heavy atom. The number of fused-ring (bicyclic) bond motifs is 2. The number of nitrogens with one attached hydrogen (secondary N) is 1. The Morgan fingerprint density at radius 3 is 2.92 bits per heavy atom. The highest BCUT2D eigenvalue weighted by molar-refractivity contribution is 6.01. The second-order valence-corrected chi connectivity index (χ2v) is 6.50. The molecule has 1 aromatic carbocycles. The van der Waals surface area contributed by atoms with Gasteiger partial charge < -0.3 is 9.88 Å². The van der Waals surface area contributed by atoms with Gasteiger partial charge in [0.15, 0.2) is 5.65 Å². The summed E-state index contributed by atoms with van der Waals surface area (Å²) in [5.41, 5.74) is 5.64. The maximum Gasteiger partial charge on any atom is 0.224 e. The van der Waals surface area contributed by atoms with Gasteiger partial charge in [-0.05, 0) is 44.0 Å². The van der Waals surface area contributed by atoms with Crippen LogP contribution in [0, 0.1) is 13.8 Å². The molecule has 0 aliphatic heterocycles. The fourth-order valence-electron chi connectivity index (χ4n) is 3.41. The number of nitrogens with zero attached hydrogens (tertiary/aromatic N) is 5. The number of rotatable bonds is 4. The minimum atomic E-state index is -0.0125. The van der Waals surface area contributed by atoms with Crippen LogP contribution < -0.4 is 5.32 Å². The second-order valence-electron chi connectivity index (χ2n) is 6.50. The van der Waals surface area contributed by atoms with E-state index in [-0.39, 0.29) is 5.91 Å². The second kappa shape index (κ2) is 6.25. The van der Waals surface area contributed by atoms with Crippen LogP contribution in [0.4, 0.5) is 5.69 Å². The molecule has 26 heavy (non-hydrogen) atoms. The first-order chi connectivity index (χ1) is 12.5. The summed E-state index contributed by atoms with van der Waals surface area (Å²) in [4.78, 5) is 12.5. The molecule has 0 aliphatic carbocycles.